The van der Waals surface area contributed by atoms with E-state index in [4.69, 9.17) is 10.5 Å². The lowest BCUT2D eigenvalue weighted by molar-refractivity contribution is -0.117. The highest BCUT2D eigenvalue weighted by atomic mass is 16.5. The van der Waals surface area contributed by atoms with Crippen LogP contribution in [0.15, 0.2) is 18.2 Å². The fraction of sp³-hybridized carbons (Fsp3) is 0.500. The van der Waals surface area contributed by atoms with Gasteiger partial charge in [0.1, 0.15) is 5.75 Å². The molecule has 0 heterocycles. The van der Waals surface area contributed by atoms with Gasteiger partial charge < -0.3 is 15.8 Å². The van der Waals surface area contributed by atoms with Gasteiger partial charge in [-0.2, -0.15) is 0 Å². The summed E-state index contributed by atoms with van der Waals surface area (Å²) < 4.78 is 5.57. The van der Waals surface area contributed by atoms with Gasteiger partial charge in [-0.1, -0.05) is 6.07 Å². The molecule has 2 rings (SSSR count). The van der Waals surface area contributed by atoms with E-state index in [0.29, 0.717) is 13.2 Å². The standard InChI is InChI=1S/C14H20N2O2/c1-2-18-13-9-10(7-8-15)3-6-12(13)16-14(17)11-4-5-11/h3,6,9,11H,2,4-5,7-8,15H2,1H3,(H,16,17). The molecular formula is C14H20N2O2. The minimum atomic E-state index is 0.0996. The van der Waals surface area contributed by atoms with Crippen molar-refractivity contribution in [2.24, 2.45) is 11.7 Å². The number of ether oxygens (including phenoxy) is 1. The van der Waals surface area contributed by atoms with Crippen molar-refractivity contribution in [2.45, 2.75) is 26.2 Å². The number of nitrogens with one attached hydrogen (secondary N) is 1. The van der Waals surface area contributed by atoms with Crippen LogP contribution in [-0.4, -0.2) is 19.1 Å². The number of rotatable bonds is 6. The number of amides is 1. The third kappa shape index (κ3) is 3.23. The van der Waals surface area contributed by atoms with Gasteiger partial charge in [-0.05, 0) is 50.4 Å². The molecule has 1 aliphatic carbocycles. The van der Waals surface area contributed by atoms with Crippen molar-refractivity contribution in [3.8, 4) is 5.75 Å². The van der Waals surface area contributed by atoms with Crippen LogP contribution in [0.5, 0.6) is 5.75 Å². The molecule has 1 aromatic carbocycles. The second kappa shape index (κ2) is 5.87. The Morgan fingerprint density at radius 2 is 2.28 bits per heavy atom. The number of benzene rings is 1. The molecule has 1 fully saturated rings. The van der Waals surface area contributed by atoms with Gasteiger partial charge in [0.25, 0.3) is 0 Å². The molecule has 0 aromatic heterocycles. The molecule has 0 aliphatic heterocycles. The molecule has 3 N–H and O–H groups in total. The molecule has 0 bridgehead atoms. The maximum atomic E-state index is 11.8. The van der Waals surface area contributed by atoms with E-state index in [2.05, 4.69) is 5.32 Å². The molecule has 4 heteroatoms. The first-order chi connectivity index (χ1) is 8.74. The first-order valence-electron chi connectivity index (χ1n) is 6.51. The zero-order chi connectivity index (χ0) is 13.0. The van der Waals surface area contributed by atoms with Crippen LogP contribution in [0.25, 0.3) is 0 Å². The van der Waals surface area contributed by atoms with Crippen molar-refractivity contribution in [1.29, 1.82) is 0 Å². The van der Waals surface area contributed by atoms with Crippen molar-refractivity contribution in [1.82, 2.24) is 0 Å². The van der Waals surface area contributed by atoms with Crippen molar-refractivity contribution in [3.05, 3.63) is 23.8 Å². The van der Waals surface area contributed by atoms with Crippen LogP contribution in [0.4, 0.5) is 5.69 Å². The van der Waals surface area contributed by atoms with Gasteiger partial charge in [0.15, 0.2) is 0 Å². The first-order valence-corrected chi connectivity index (χ1v) is 6.51. The lowest BCUT2D eigenvalue weighted by atomic mass is 10.1. The fourth-order valence-electron chi connectivity index (χ4n) is 1.85. The summed E-state index contributed by atoms with van der Waals surface area (Å²) in [5.41, 5.74) is 7.43. The van der Waals surface area contributed by atoms with Crippen LogP contribution in [0.1, 0.15) is 25.3 Å². The summed E-state index contributed by atoms with van der Waals surface area (Å²) in [6.07, 6.45) is 2.82. The second-order valence-corrected chi connectivity index (χ2v) is 4.57. The highest BCUT2D eigenvalue weighted by molar-refractivity contribution is 5.95. The Balaban J connectivity index is 2.13. The molecule has 18 heavy (non-hydrogen) atoms. The highest BCUT2D eigenvalue weighted by Crippen LogP contribution is 2.32. The Bertz CT molecular complexity index is 428. The fourth-order valence-corrected chi connectivity index (χ4v) is 1.85. The van der Waals surface area contributed by atoms with Crippen molar-refractivity contribution in [2.75, 3.05) is 18.5 Å². The normalized spacial score (nSPS) is 14.3. The summed E-state index contributed by atoms with van der Waals surface area (Å²) in [4.78, 5) is 11.8. The zero-order valence-corrected chi connectivity index (χ0v) is 10.7. The molecular weight excluding hydrogens is 228 g/mol. The largest absolute Gasteiger partial charge is 0.492 e. The quantitative estimate of drug-likeness (QED) is 0.808. The second-order valence-electron chi connectivity index (χ2n) is 4.57. The van der Waals surface area contributed by atoms with Gasteiger partial charge in [0.05, 0.1) is 12.3 Å². The van der Waals surface area contributed by atoms with Crippen molar-refractivity contribution < 1.29 is 9.53 Å². The predicted molar refractivity (Wildman–Crippen MR) is 71.7 cm³/mol. The summed E-state index contributed by atoms with van der Waals surface area (Å²) in [5, 5.41) is 2.93. The minimum absolute atomic E-state index is 0.0996. The van der Waals surface area contributed by atoms with Gasteiger partial charge in [-0.15, -0.1) is 0 Å². The van der Waals surface area contributed by atoms with Crippen LogP contribution in [0.3, 0.4) is 0 Å². The van der Waals surface area contributed by atoms with E-state index in [1.807, 2.05) is 25.1 Å². The van der Waals surface area contributed by atoms with E-state index >= 15 is 0 Å². The smallest absolute Gasteiger partial charge is 0.227 e. The average Bonchev–Trinajstić information content (AvgIpc) is 3.17. The summed E-state index contributed by atoms with van der Waals surface area (Å²) >= 11 is 0. The predicted octanol–water partition coefficient (Wildman–Crippen LogP) is 1.93. The van der Waals surface area contributed by atoms with Gasteiger partial charge in [0, 0.05) is 5.92 Å². The lowest BCUT2D eigenvalue weighted by Gasteiger charge is -2.13. The van der Waals surface area contributed by atoms with Gasteiger partial charge >= 0.3 is 0 Å². The maximum Gasteiger partial charge on any atom is 0.227 e. The summed E-state index contributed by atoms with van der Waals surface area (Å²) in [7, 11) is 0. The van der Waals surface area contributed by atoms with Crippen LogP contribution in [-0.2, 0) is 11.2 Å². The number of carbonyl (C=O) groups excluding carboxylic acids is 1. The maximum absolute atomic E-state index is 11.8. The molecule has 0 saturated heterocycles. The lowest BCUT2D eigenvalue weighted by Crippen LogP contribution is -2.14. The minimum Gasteiger partial charge on any atom is -0.492 e. The Kier molecular flexibility index (Phi) is 4.20. The number of hydrogen-bond acceptors (Lipinski definition) is 3. The Morgan fingerprint density at radius 1 is 1.50 bits per heavy atom. The van der Waals surface area contributed by atoms with Crippen molar-refractivity contribution >= 4 is 11.6 Å². The monoisotopic (exact) mass is 248 g/mol. The van der Waals surface area contributed by atoms with E-state index in [0.717, 1.165) is 36.3 Å². The van der Waals surface area contributed by atoms with Crippen LogP contribution in [0.2, 0.25) is 0 Å². The Hall–Kier alpha value is -1.55. The molecule has 0 spiro atoms. The number of nitrogens with two attached hydrogens (primary N) is 1. The zero-order valence-electron chi connectivity index (χ0n) is 10.7. The average molecular weight is 248 g/mol. The van der Waals surface area contributed by atoms with Crippen LogP contribution >= 0.6 is 0 Å². The van der Waals surface area contributed by atoms with Gasteiger partial charge in [-0.3, -0.25) is 4.79 Å². The van der Waals surface area contributed by atoms with Crippen LogP contribution < -0.4 is 15.8 Å². The number of hydrogen-bond donors (Lipinski definition) is 2. The van der Waals surface area contributed by atoms with Gasteiger partial charge in [-0.25, -0.2) is 0 Å². The van der Waals surface area contributed by atoms with E-state index in [9.17, 15) is 4.79 Å². The topological polar surface area (TPSA) is 64.3 Å². The molecule has 0 radical (unpaired) electrons. The summed E-state index contributed by atoms with van der Waals surface area (Å²) in [6, 6.07) is 5.84. The summed E-state index contributed by atoms with van der Waals surface area (Å²) in [6.45, 7) is 3.12. The van der Waals surface area contributed by atoms with E-state index in [-0.39, 0.29) is 11.8 Å². The van der Waals surface area contributed by atoms with Crippen LogP contribution in [0, 0.1) is 5.92 Å². The SMILES string of the molecule is CCOc1cc(CCN)ccc1NC(=O)C1CC1. The van der Waals surface area contributed by atoms with Gasteiger partial charge in [0.2, 0.25) is 5.91 Å². The number of anilines is 1. The Morgan fingerprint density at radius 3 is 2.89 bits per heavy atom. The third-order valence-corrected chi connectivity index (χ3v) is 2.98. The third-order valence-electron chi connectivity index (χ3n) is 2.98. The molecule has 1 aliphatic rings. The molecule has 98 valence electrons. The highest BCUT2D eigenvalue weighted by Gasteiger charge is 2.30. The molecule has 0 atom stereocenters. The number of carbonyl (C=O) groups is 1. The van der Waals surface area contributed by atoms with E-state index in [1.165, 1.54) is 0 Å². The Labute approximate surface area is 108 Å². The van der Waals surface area contributed by atoms with E-state index in [1.54, 1.807) is 0 Å². The molecule has 1 aromatic rings. The molecule has 1 saturated carbocycles. The molecule has 0 unspecified atom stereocenters. The van der Waals surface area contributed by atoms with Crippen molar-refractivity contribution in [3.63, 3.8) is 0 Å². The van der Waals surface area contributed by atoms with E-state index < -0.39 is 0 Å². The molecule has 1 amide bonds. The molecule has 4 nitrogen and oxygen atoms in total. The first kappa shape index (κ1) is 12.9. The summed E-state index contributed by atoms with van der Waals surface area (Å²) in [5.74, 6) is 1.03.